The van der Waals surface area contributed by atoms with Crippen LogP contribution in [0.2, 0.25) is 5.02 Å². The molecule has 116 valence electrons. The third-order valence-corrected chi connectivity index (χ3v) is 5.24. The predicted octanol–water partition coefficient (Wildman–Crippen LogP) is 3.87. The number of carbonyl (C=O) groups excluding carboxylic acids is 1. The first-order valence-electron chi connectivity index (χ1n) is 7.36. The number of benzene rings is 1. The highest BCUT2D eigenvalue weighted by Gasteiger charge is 2.47. The van der Waals surface area contributed by atoms with Crippen LogP contribution in [0.5, 0.6) is 11.5 Å². The molecule has 1 aromatic carbocycles. The Morgan fingerprint density at radius 2 is 2.18 bits per heavy atom. The average molecular weight is 319 g/mol. The van der Waals surface area contributed by atoms with Gasteiger partial charge in [0, 0.05) is 28.5 Å². The molecule has 0 fully saturated rings. The number of rotatable bonds is 3. The quantitative estimate of drug-likeness (QED) is 0.794. The Labute approximate surface area is 135 Å². The van der Waals surface area contributed by atoms with Gasteiger partial charge in [-0.05, 0) is 30.4 Å². The first-order valence-corrected chi connectivity index (χ1v) is 7.73. The van der Waals surface area contributed by atoms with Crippen LogP contribution in [-0.2, 0) is 16.6 Å². The highest BCUT2D eigenvalue weighted by atomic mass is 35.5. The minimum atomic E-state index is -0.469. The van der Waals surface area contributed by atoms with E-state index in [1.165, 1.54) is 0 Å². The van der Waals surface area contributed by atoms with Gasteiger partial charge in [0.25, 0.3) is 0 Å². The van der Waals surface area contributed by atoms with Gasteiger partial charge in [0.15, 0.2) is 17.3 Å². The molecule has 0 bridgehead atoms. The number of methoxy groups -OCH3 is 2. The SMILES string of the molecule is C=C[C@@]12CC(=O)C=C[C@@H]1CCc1c(Cl)cc(OC)c(OC)c12. The van der Waals surface area contributed by atoms with Gasteiger partial charge in [0.05, 0.1) is 14.2 Å². The van der Waals surface area contributed by atoms with Gasteiger partial charge in [-0.25, -0.2) is 0 Å². The summed E-state index contributed by atoms with van der Waals surface area (Å²) in [5.41, 5.74) is 1.53. The molecular formula is C18H19ClO3. The van der Waals surface area contributed by atoms with Gasteiger partial charge in [-0.1, -0.05) is 23.8 Å². The summed E-state index contributed by atoms with van der Waals surface area (Å²) in [6.07, 6.45) is 7.76. The number of hydrogen-bond donors (Lipinski definition) is 0. The van der Waals surface area contributed by atoms with Crippen molar-refractivity contribution >= 4 is 17.4 Å². The fraction of sp³-hybridized carbons (Fsp3) is 0.389. The molecule has 0 amide bonds. The number of halogens is 1. The van der Waals surface area contributed by atoms with Gasteiger partial charge in [0.1, 0.15) is 0 Å². The van der Waals surface area contributed by atoms with Gasteiger partial charge >= 0.3 is 0 Å². The summed E-state index contributed by atoms with van der Waals surface area (Å²) < 4.78 is 11.1. The maximum absolute atomic E-state index is 12.1. The Morgan fingerprint density at radius 1 is 1.41 bits per heavy atom. The molecule has 0 heterocycles. The summed E-state index contributed by atoms with van der Waals surface area (Å²) in [6, 6.07) is 1.79. The molecule has 0 radical (unpaired) electrons. The fourth-order valence-electron chi connectivity index (χ4n) is 3.86. The third kappa shape index (κ3) is 1.99. The van der Waals surface area contributed by atoms with Crippen molar-refractivity contribution in [3.8, 4) is 11.5 Å². The standard InChI is InChI=1S/C18H19ClO3/c1-4-18-10-12(20)7-5-11(18)6-8-13-14(19)9-15(21-2)17(22-3)16(13)18/h4-5,7,9,11H,1,6,8,10H2,2-3H3/t11-,18-/m1/s1. The van der Waals surface area contributed by atoms with Crippen molar-refractivity contribution in [2.45, 2.75) is 24.7 Å². The molecule has 0 aromatic heterocycles. The zero-order chi connectivity index (χ0) is 15.9. The van der Waals surface area contributed by atoms with Crippen LogP contribution >= 0.6 is 11.6 Å². The zero-order valence-corrected chi connectivity index (χ0v) is 13.6. The summed E-state index contributed by atoms with van der Waals surface area (Å²) in [6.45, 7) is 4.03. The second kappa shape index (κ2) is 5.47. The van der Waals surface area contributed by atoms with Crippen LogP contribution in [0.3, 0.4) is 0 Å². The minimum absolute atomic E-state index is 0.102. The van der Waals surface area contributed by atoms with Crippen molar-refractivity contribution in [3.05, 3.63) is 47.0 Å². The predicted molar refractivity (Wildman–Crippen MR) is 87.0 cm³/mol. The molecule has 2 aliphatic carbocycles. The normalized spacial score (nSPS) is 26.1. The molecule has 3 rings (SSSR count). The topological polar surface area (TPSA) is 35.5 Å². The van der Waals surface area contributed by atoms with Crippen molar-refractivity contribution in [1.29, 1.82) is 0 Å². The Kier molecular flexibility index (Phi) is 3.77. The third-order valence-electron chi connectivity index (χ3n) is 4.90. The Morgan fingerprint density at radius 3 is 2.82 bits per heavy atom. The lowest BCUT2D eigenvalue weighted by Crippen LogP contribution is -2.41. The number of hydrogen-bond acceptors (Lipinski definition) is 3. The molecular weight excluding hydrogens is 300 g/mol. The van der Waals surface area contributed by atoms with Crippen LogP contribution in [0.15, 0.2) is 30.9 Å². The zero-order valence-electron chi connectivity index (χ0n) is 12.8. The molecule has 3 nitrogen and oxygen atoms in total. The van der Waals surface area contributed by atoms with E-state index < -0.39 is 5.41 Å². The summed E-state index contributed by atoms with van der Waals surface area (Å²) in [5, 5.41) is 0.661. The molecule has 0 spiro atoms. The molecule has 1 aromatic rings. The molecule has 0 unspecified atom stereocenters. The fourth-order valence-corrected chi connectivity index (χ4v) is 4.15. The molecule has 4 heteroatoms. The highest BCUT2D eigenvalue weighted by molar-refractivity contribution is 6.31. The summed E-state index contributed by atoms with van der Waals surface area (Å²) in [7, 11) is 3.21. The van der Waals surface area contributed by atoms with E-state index in [1.54, 1.807) is 26.4 Å². The van der Waals surface area contributed by atoms with Crippen LogP contribution in [0.1, 0.15) is 24.0 Å². The van der Waals surface area contributed by atoms with Crippen LogP contribution < -0.4 is 9.47 Å². The van der Waals surface area contributed by atoms with E-state index >= 15 is 0 Å². The van der Waals surface area contributed by atoms with Crippen LogP contribution in [-0.4, -0.2) is 20.0 Å². The van der Waals surface area contributed by atoms with Gasteiger partial charge < -0.3 is 9.47 Å². The van der Waals surface area contributed by atoms with E-state index in [4.69, 9.17) is 21.1 Å². The van der Waals surface area contributed by atoms with Gasteiger partial charge in [0.2, 0.25) is 0 Å². The Balaban J connectivity index is 2.35. The first-order chi connectivity index (χ1) is 10.6. The molecule has 0 saturated heterocycles. The average Bonchev–Trinajstić information content (AvgIpc) is 2.54. The maximum atomic E-state index is 12.1. The highest BCUT2D eigenvalue weighted by Crippen LogP contribution is 2.55. The van der Waals surface area contributed by atoms with Crippen LogP contribution in [0.25, 0.3) is 0 Å². The van der Waals surface area contributed by atoms with E-state index in [0.717, 1.165) is 24.0 Å². The number of carbonyl (C=O) groups is 1. The van der Waals surface area contributed by atoms with E-state index in [0.29, 0.717) is 22.9 Å². The lowest BCUT2D eigenvalue weighted by atomic mass is 9.59. The second-order valence-electron chi connectivity index (χ2n) is 5.84. The van der Waals surface area contributed by atoms with E-state index in [2.05, 4.69) is 6.58 Å². The molecule has 0 aliphatic heterocycles. The monoisotopic (exact) mass is 318 g/mol. The van der Waals surface area contributed by atoms with Crippen molar-refractivity contribution in [1.82, 2.24) is 0 Å². The molecule has 0 N–H and O–H groups in total. The molecule has 2 aliphatic rings. The number of ether oxygens (including phenoxy) is 2. The van der Waals surface area contributed by atoms with Crippen molar-refractivity contribution in [3.63, 3.8) is 0 Å². The number of allylic oxidation sites excluding steroid dienone is 3. The Bertz CT molecular complexity index is 677. The first kappa shape index (κ1) is 15.2. The smallest absolute Gasteiger partial charge is 0.165 e. The largest absolute Gasteiger partial charge is 0.493 e. The van der Waals surface area contributed by atoms with Gasteiger partial charge in [-0.15, -0.1) is 6.58 Å². The van der Waals surface area contributed by atoms with Gasteiger partial charge in [-0.2, -0.15) is 0 Å². The van der Waals surface area contributed by atoms with Crippen LogP contribution in [0, 0.1) is 5.92 Å². The molecule has 22 heavy (non-hydrogen) atoms. The lowest BCUT2D eigenvalue weighted by Gasteiger charge is -2.44. The second-order valence-corrected chi connectivity index (χ2v) is 6.25. The lowest BCUT2D eigenvalue weighted by molar-refractivity contribution is -0.116. The Hall–Kier alpha value is -1.74. The summed E-state index contributed by atoms with van der Waals surface area (Å²) >= 11 is 6.47. The van der Waals surface area contributed by atoms with E-state index in [1.807, 2.05) is 12.2 Å². The summed E-state index contributed by atoms with van der Waals surface area (Å²) in [4.78, 5) is 12.1. The van der Waals surface area contributed by atoms with Crippen molar-refractivity contribution in [2.75, 3.05) is 14.2 Å². The minimum Gasteiger partial charge on any atom is -0.493 e. The van der Waals surface area contributed by atoms with E-state index in [9.17, 15) is 4.79 Å². The number of ketones is 1. The maximum Gasteiger partial charge on any atom is 0.165 e. The molecule has 2 atom stereocenters. The summed E-state index contributed by atoms with van der Waals surface area (Å²) in [5.74, 6) is 1.59. The molecule has 0 saturated carbocycles. The van der Waals surface area contributed by atoms with Gasteiger partial charge in [-0.3, -0.25) is 4.79 Å². The van der Waals surface area contributed by atoms with Crippen LogP contribution in [0.4, 0.5) is 0 Å². The van der Waals surface area contributed by atoms with Crippen molar-refractivity contribution < 1.29 is 14.3 Å². The number of fused-ring (bicyclic) bond motifs is 3. The van der Waals surface area contributed by atoms with E-state index in [-0.39, 0.29) is 11.7 Å². The van der Waals surface area contributed by atoms with Crippen molar-refractivity contribution in [2.24, 2.45) is 5.92 Å².